The van der Waals surface area contributed by atoms with Gasteiger partial charge in [-0.2, -0.15) is 13.2 Å². The number of benzene rings is 1. The molecule has 1 aliphatic rings. The molecule has 1 atom stereocenters. The zero-order valence-corrected chi connectivity index (χ0v) is 16.1. The van der Waals surface area contributed by atoms with Crippen molar-refractivity contribution >= 4 is 17.6 Å². The summed E-state index contributed by atoms with van der Waals surface area (Å²) in [7, 11) is 0. The smallest absolute Gasteiger partial charge is 0.475 e. The van der Waals surface area contributed by atoms with Gasteiger partial charge in [-0.25, -0.2) is 4.79 Å². The third kappa shape index (κ3) is 5.94. The zero-order chi connectivity index (χ0) is 21.6. The number of hydrogen-bond acceptors (Lipinski definition) is 4. The highest BCUT2D eigenvalue weighted by atomic mass is 19.4. The van der Waals surface area contributed by atoms with Gasteiger partial charge in [0.1, 0.15) is 5.69 Å². The number of amides is 1. The van der Waals surface area contributed by atoms with Crippen molar-refractivity contribution in [2.45, 2.75) is 26.1 Å². The maximum Gasteiger partial charge on any atom is 0.490 e. The average molecular weight is 409 g/mol. The molecule has 1 saturated heterocycles. The topological polar surface area (TPSA) is 73.7 Å². The Kier molecular flexibility index (Phi) is 7.19. The number of anilines is 1. The molecule has 1 aromatic heterocycles. The number of carbonyl (C=O) groups excluding carboxylic acids is 1. The molecule has 6 nitrogen and oxygen atoms in total. The molecule has 1 amide bonds. The Morgan fingerprint density at radius 3 is 2.24 bits per heavy atom. The normalized spacial score (nSPS) is 16.7. The van der Waals surface area contributed by atoms with E-state index in [2.05, 4.69) is 41.1 Å². The van der Waals surface area contributed by atoms with Gasteiger partial charge in [-0.3, -0.25) is 9.78 Å². The predicted molar refractivity (Wildman–Crippen MR) is 102 cm³/mol. The maximum absolute atomic E-state index is 12.7. The summed E-state index contributed by atoms with van der Waals surface area (Å²) < 4.78 is 31.7. The number of hydrogen-bond donors (Lipinski definition) is 1. The zero-order valence-electron chi connectivity index (χ0n) is 16.1. The molecular weight excluding hydrogens is 387 g/mol. The van der Waals surface area contributed by atoms with Crippen LogP contribution in [0.4, 0.5) is 18.9 Å². The van der Waals surface area contributed by atoms with Crippen LogP contribution in [-0.2, 0) is 4.79 Å². The molecule has 29 heavy (non-hydrogen) atoms. The molecule has 9 heteroatoms. The summed E-state index contributed by atoms with van der Waals surface area (Å²) in [5, 5.41) is 7.12. The van der Waals surface area contributed by atoms with Crippen LogP contribution < -0.4 is 4.90 Å². The minimum atomic E-state index is -5.08. The molecule has 1 aromatic carbocycles. The van der Waals surface area contributed by atoms with Crippen molar-refractivity contribution in [2.24, 2.45) is 0 Å². The molecular formula is C20H22F3N3O3. The van der Waals surface area contributed by atoms with E-state index in [0.717, 1.165) is 25.2 Å². The highest BCUT2D eigenvalue weighted by molar-refractivity contribution is 5.94. The monoisotopic (exact) mass is 409 g/mol. The van der Waals surface area contributed by atoms with Crippen LogP contribution in [0.3, 0.4) is 0 Å². The fourth-order valence-electron chi connectivity index (χ4n) is 2.98. The molecule has 1 unspecified atom stereocenters. The van der Waals surface area contributed by atoms with Gasteiger partial charge < -0.3 is 14.9 Å². The Bertz CT molecular complexity index is 844. The van der Waals surface area contributed by atoms with Gasteiger partial charge in [-0.15, -0.1) is 0 Å². The summed E-state index contributed by atoms with van der Waals surface area (Å²) >= 11 is 0. The molecule has 0 saturated carbocycles. The number of aliphatic carboxylic acids is 1. The number of para-hydroxylation sites is 1. The first-order valence-corrected chi connectivity index (χ1v) is 8.94. The number of piperazine rings is 1. The number of aromatic nitrogens is 1. The number of pyridine rings is 1. The van der Waals surface area contributed by atoms with Crippen LogP contribution in [0, 0.1) is 6.92 Å². The molecule has 0 spiro atoms. The molecule has 1 aliphatic heterocycles. The standard InChI is InChI=1S/C18H21N3O.C2HF3O2/c1-14-7-6-10-19-17(14)18(22)21-12-11-20(13-15(21)2)16-8-4-3-5-9-16;3-2(4,5)1(6)7/h3-10,15H,11-13H2,1-2H3;(H,6,7). The van der Waals surface area contributed by atoms with E-state index in [9.17, 15) is 18.0 Å². The lowest BCUT2D eigenvalue weighted by Gasteiger charge is -2.41. The van der Waals surface area contributed by atoms with E-state index in [1.807, 2.05) is 30.0 Å². The van der Waals surface area contributed by atoms with Gasteiger partial charge in [0.05, 0.1) is 0 Å². The number of rotatable bonds is 2. The molecule has 2 heterocycles. The van der Waals surface area contributed by atoms with Crippen molar-refractivity contribution in [2.75, 3.05) is 24.5 Å². The first kappa shape index (κ1) is 22.2. The van der Waals surface area contributed by atoms with Crippen molar-refractivity contribution in [3.05, 3.63) is 59.9 Å². The van der Waals surface area contributed by atoms with Crippen molar-refractivity contribution < 1.29 is 27.9 Å². The Balaban J connectivity index is 0.000000370. The summed E-state index contributed by atoms with van der Waals surface area (Å²) in [5.41, 5.74) is 2.73. The van der Waals surface area contributed by atoms with Gasteiger partial charge in [0.15, 0.2) is 0 Å². The minimum Gasteiger partial charge on any atom is -0.475 e. The van der Waals surface area contributed by atoms with E-state index >= 15 is 0 Å². The van der Waals surface area contributed by atoms with Crippen molar-refractivity contribution in [3.8, 4) is 0 Å². The Morgan fingerprint density at radius 2 is 1.72 bits per heavy atom. The fourth-order valence-corrected chi connectivity index (χ4v) is 2.98. The summed E-state index contributed by atoms with van der Waals surface area (Å²) in [6.45, 7) is 6.47. The van der Waals surface area contributed by atoms with E-state index in [4.69, 9.17) is 9.90 Å². The maximum atomic E-state index is 12.7. The number of alkyl halides is 3. The Labute approximate surface area is 166 Å². The summed E-state index contributed by atoms with van der Waals surface area (Å²) in [6, 6.07) is 14.3. The number of halogens is 3. The number of carbonyl (C=O) groups is 2. The van der Waals surface area contributed by atoms with E-state index < -0.39 is 12.1 Å². The second-order valence-corrected chi connectivity index (χ2v) is 6.60. The predicted octanol–water partition coefficient (Wildman–Crippen LogP) is 3.37. The van der Waals surface area contributed by atoms with Gasteiger partial charge in [0.2, 0.25) is 0 Å². The molecule has 156 valence electrons. The highest BCUT2D eigenvalue weighted by Crippen LogP contribution is 2.20. The van der Waals surface area contributed by atoms with Crippen LogP contribution in [0.5, 0.6) is 0 Å². The number of carboxylic acid groups (broad SMARTS) is 1. The quantitative estimate of drug-likeness (QED) is 0.823. The third-order valence-electron chi connectivity index (χ3n) is 4.46. The van der Waals surface area contributed by atoms with E-state index in [1.165, 1.54) is 5.69 Å². The number of aryl methyl sites for hydroxylation is 1. The van der Waals surface area contributed by atoms with Gasteiger partial charge in [0, 0.05) is 37.6 Å². The van der Waals surface area contributed by atoms with Crippen LogP contribution in [-0.4, -0.2) is 58.7 Å². The highest BCUT2D eigenvalue weighted by Gasteiger charge is 2.38. The van der Waals surface area contributed by atoms with Crippen molar-refractivity contribution in [1.29, 1.82) is 0 Å². The second kappa shape index (κ2) is 9.40. The van der Waals surface area contributed by atoms with Gasteiger partial charge in [0.25, 0.3) is 5.91 Å². The van der Waals surface area contributed by atoms with Crippen LogP contribution in [0.25, 0.3) is 0 Å². The molecule has 1 fully saturated rings. The molecule has 3 rings (SSSR count). The van der Waals surface area contributed by atoms with E-state index in [-0.39, 0.29) is 11.9 Å². The summed E-state index contributed by atoms with van der Waals surface area (Å²) in [4.78, 5) is 30.1. The van der Waals surface area contributed by atoms with E-state index in [1.54, 1.807) is 6.20 Å². The average Bonchev–Trinajstić information content (AvgIpc) is 2.68. The lowest BCUT2D eigenvalue weighted by molar-refractivity contribution is -0.192. The number of nitrogens with zero attached hydrogens (tertiary/aromatic N) is 3. The summed E-state index contributed by atoms with van der Waals surface area (Å²) in [6.07, 6.45) is -3.40. The molecule has 0 aliphatic carbocycles. The fraction of sp³-hybridized carbons (Fsp3) is 0.350. The lowest BCUT2D eigenvalue weighted by Crippen LogP contribution is -2.54. The minimum absolute atomic E-state index is 0.0401. The molecule has 0 radical (unpaired) electrons. The summed E-state index contributed by atoms with van der Waals surface area (Å²) in [5.74, 6) is -2.72. The Morgan fingerprint density at radius 1 is 1.10 bits per heavy atom. The molecule has 1 N–H and O–H groups in total. The SMILES string of the molecule is Cc1cccnc1C(=O)N1CCN(c2ccccc2)CC1C.O=C(O)C(F)(F)F. The number of carboxylic acids is 1. The lowest BCUT2D eigenvalue weighted by atomic mass is 10.1. The largest absolute Gasteiger partial charge is 0.490 e. The first-order chi connectivity index (χ1) is 13.6. The van der Waals surface area contributed by atoms with Crippen LogP contribution in [0.1, 0.15) is 23.0 Å². The van der Waals surface area contributed by atoms with Gasteiger partial charge >= 0.3 is 12.1 Å². The van der Waals surface area contributed by atoms with Gasteiger partial charge in [-0.1, -0.05) is 24.3 Å². The third-order valence-corrected chi connectivity index (χ3v) is 4.46. The van der Waals surface area contributed by atoms with Gasteiger partial charge in [-0.05, 0) is 37.6 Å². The Hall–Kier alpha value is -3.10. The van der Waals surface area contributed by atoms with Crippen molar-refractivity contribution in [3.63, 3.8) is 0 Å². The second-order valence-electron chi connectivity index (χ2n) is 6.60. The first-order valence-electron chi connectivity index (χ1n) is 8.94. The van der Waals surface area contributed by atoms with E-state index in [0.29, 0.717) is 5.69 Å². The molecule has 0 bridgehead atoms. The van der Waals surface area contributed by atoms with Crippen LogP contribution in [0.15, 0.2) is 48.7 Å². The van der Waals surface area contributed by atoms with Crippen LogP contribution >= 0.6 is 0 Å². The molecule has 2 aromatic rings. The van der Waals surface area contributed by atoms with Crippen LogP contribution in [0.2, 0.25) is 0 Å². The van der Waals surface area contributed by atoms with Crippen molar-refractivity contribution in [1.82, 2.24) is 9.88 Å².